The van der Waals surface area contributed by atoms with E-state index in [0.717, 1.165) is 0 Å². The third-order valence-electron chi connectivity index (χ3n) is 2.88. The van der Waals surface area contributed by atoms with Crippen molar-refractivity contribution in [3.63, 3.8) is 0 Å². The number of rotatable bonds is 7. The predicted molar refractivity (Wildman–Crippen MR) is 93.0 cm³/mol. The van der Waals surface area contributed by atoms with Crippen LogP contribution in [0.15, 0.2) is 42.0 Å². The van der Waals surface area contributed by atoms with Crippen LogP contribution in [0.3, 0.4) is 0 Å². The Kier molecular flexibility index (Phi) is 10.1. The maximum atomic E-state index is 12.1. The monoisotopic (exact) mass is 337 g/mol. The number of nitrogens with one attached hydrogen (secondary N) is 1. The molecule has 0 aliphatic heterocycles. The van der Waals surface area contributed by atoms with E-state index in [1.807, 2.05) is 0 Å². The topological polar surface area (TPSA) is 71.7 Å². The molecule has 0 heterocycles. The van der Waals surface area contributed by atoms with E-state index in [9.17, 15) is 15.0 Å². The molecule has 0 unspecified atom stereocenters. The molecular formula is C17H17ClLiN3O2-2. The molecule has 0 atom stereocenters. The zero-order chi connectivity index (χ0) is 17.4. The van der Waals surface area contributed by atoms with Gasteiger partial charge in [0.05, 0.1) is 5.02 Å². The van der Waals surface area contributed by atoms with E-state index in [1.54, 1.807) is 31.2 Å². The largest absolute Gasteiger partial charge is 1.00 e. The summed E-state index contributed by atoms with van der Waals surface area (Å²) in [5, 5.41) is 12.1. The fourth-order valence-electron chi connectivity index (χ4n) is 1.64. The summed E-state index contributed by atoms with van der Waals surface area (Å²) in [6.45, 7) is 8.97. The smallest absolute Gasteiger partial charge is 0.878 e. The molecule has 0 radical (unpaired) electrons. The summed E-state index contributed by atoms with van der Waals surface area (Å²) < 4.78 is 0. The zero-order valence-electron chi connectivity index (χ0n) is 13.8. The SMILES string of the molecule is C=C(C)C(=O)N(C[CH2-])C[C-]=C(C=[N-])C(=O)Nc1ccccc1Cl.[Li+]. The molecule has 0 saturated carbocycles. The number of nitrogens with zero attached hydrogens (tertiary/aromatic N) is 2. The van der Waals surface area contributed by atoms with Gasteiger partial charge in [0.25, 0.3) is 0 Å². The Balaban J connectivity index is 0.00000529. The molecule has 24 heavy (non-hydrogen) atoms. The van der Waals surface area contributed by atoms with Crippen LogP contribution >= 0.6 is 11.6 Å². The van der Waals surface area contributed by atoms with Crippen LogP contribution < -0.4 is 24.2 Å². The number of carbonyl (C=O) groups excluding carboxylic acids is 2. The second-order valence-electron chi connectivity index (χ2n) is 4.66. The van der Waals surface area contributed by atoms with Crippen LogP contribution in [0, 0.1) is 13.0 Å². The van der Waals surface area contributed by atoms with E-state index in [1.165, 1.54) is 4.90 Å². The first kappa shape index (κ1) is 22.2. The number of amides is 2. The zero-order valence-corrected chi connectivity index (χ0v) is 14.6. The van der Waals surface area contributed by atoms with Crippen molar-refractivity contribution in [3.8, 4) is 0 Å². The molecule has 1 rings (SSSR count). The quantitative estimate of drug-likeness (QED) is 0.326. The van der Waals surface area contributed by atoms with Gasteiger partial charge in [0.2, 0.25) is 5.91 Å². The van der Waals surface area contributed by atoms with Gasteiger partial charge in [0.15, 0.2) is 0 Å². The Labute approximate surface area is 159 Å². The minimum absolute atomic E-state index is 0. The number of halogens is 1. The second-order valence-corrected chi connectivity index (χ2v) is 5.07. The third kappa shape index (κ3) is 6.36. The molecule has 0 bridgehead atoms. The minimum Gasteiger partial charge on any atom is -0.878 e. The third-order valence-corrected chi connectivity index (χ3v) is 3.21. The fraction of sp³-hybridized carbons (Fsp3) is 0.176. The van der Waals surface area contributed by atoms with Gasteiger partial charge < -0.3 is 33.6 Å². The molecule has 0 saturated heterocycles. The average Bonchev–Trinajstić information content (AvgIpc) is 2.53. The van der Waals surface area contributed by atoms with Gasteiger partial charge in [-0.25, -0.2) is 0 Å². The number of para-hydroxylation sites is 1. The van der Waals surface area contributed by atoms with Crippen molar-refractivity contribution in [2.75, 3.05) is 18.4 Å². The Morgan fingerprint density at radius 3 is 2.58 bits per heavy atom. The van der Waals surface area contributed by atoms with Crippen molar-refractivity contribution in [1.29, 1.82) is 0 Å². The molecule has 1 aromatic carbocycles. The normalized spacial score (nSPS) is 10.4. The van der Waals surface area contributed by atoms with Crippen molar-refractivity contribution >= 4 is 35.3 Å². The summed E-state index contributed by atoms with van der Waals surface area (Å²) >= 11 is 5.95. The summed E-state index contributed by atoms with van der Waals surface area (Å²) in [6.07, 6.45) is 3.30. The summed E-state index contributed by atoms with van der Waals surface area (Å²) in [5.41, 5.74) is 0.649. The van der Waals surface area contributed by atoms with Crippen molar-refractivity contribution in [3.05, 3.63) is 65.4 Å². The number of hydrogen-bond donors (Lipinski definition) is 1. The minimum atomic E-state index is -0.590. The van der Waals surface area contributed by atoms with Crippen LogP contribution in [0.5, 0.6) is 0 Å². The first-order valence-electron chi connectivity index (χ1n) is 6.78. The molecule has 0 aromatic heterocycles. The molecule has 1 aromatic rings. The Morgan fingerprint density at radius 2 is 2.08 bits per heavy atom. The van der Waals surface area contributed by atoms with Crippen molar-refractivity contribution in [1.82, 2.24) is 4.90 Å². The number of carbonyl (C=O) groups is 2. The van der Waals surface area contributed by atoms with E-state index in [-0.39, 0.29) is 43.4 Å². The summed E-state index contributed by atoms with van der Waals surface area (Å²) in [5.74, 6) is -0.885. The predicted octanol–water partition coefficient (Wildman–Crippen LogP) is -0.109. The van der Waals surface area contributed by atoms with Gasteiger partial charge in [-0.15, -0.1) is 6.54 Å². The van der Waals surface area contributed by atoms with Crippen LogP contribution in [0.25, 0.3) is 5.41 Å². The van der Waals surface area contributed by atoms with E-state index in [0.29, 0.717) is 22.5 Å². The van der Waals surface area contributed by atoms with E-state index in [4.69, 9.17) is 11.6 Å². The van der Waals surface area contributed by atoms with Crippen LogP contribution in [-0.2, 0) is 9.59 Å². The summed E-state index contributed by atoms with van der Waals surface area (Å²) in [7, 11) is 0. The van der Waals surface area contributed by atoms with Crippen molar-refractivity contribution in [2.45, 2.75) is 6.92 Å². The molecule has 122 valence electrons. The number of benzene rings is 1. The molecule has 0 spiro atoms. The second kappa shape index (κ2) is 10.9. The maximum Gasteiger partial charge on any atom is 1.00 e. The molecular weight excluding hydrogens is 321 g/mol. The molecule has 0 fully saturated rings. The van der Waals surface area contributed by atoms with Crippen LogP contribution in [-0.4, -0.2) is 36.0 Å². The first-order chi connectivity index (χ1) is 10.9. The molecule has 2 amide bonds. The number of anilines is 1. The summed E-state index contributed by atoms with van der Waals surface area (Å²) in [6, 6.07) is 6.70. The van der Waals surface area contributed by atoms with Gasteiger partial charge in [0, 0.05) is 11.3 Å². The van der Waals surface area contributed by atoms with Crippen molar-refractivity contribution < 1.29 is 28.4 Å². The Hall–Kier alpha value is -1.80. The Bertz CT molecular complexity index is 659. The fourth-order valence-corrected chi connectivity index (χ4v) is 1.82. The first-order valence-corrected chi connectivity index (χ1v) is 7.16. The van der Waals surface area contributed by atoms with Gasteiger partial charge in [-0.2, -0.15) is 11.6 Å². The molecule has 1 N–H and O–H groups in total. The van der Waals surface area contributed by atoms with Crippen molar-refractivity contribution in [2.24, 2.45) is 0 Å². The summed E-state index contributed by atoms with van der Waals surface area (Å²) in [4.78, 5) is 25.3. The average molecular weight is 338 g/mol. The van der Waals surface area contributed by atoms with Crippen LogP contribution in [0.2, 0.25) is 5.02 Å². The van der Waals surface area contributed by atoms with Crippen LogP contribution in [0.4, 0.5) is 5.69 Å². The Morgan fingerprint density at radius 1 is 1.46 bits per heavy atom. The van der Waals surface area contributed by atoms with E-state index < -0.39 is 5.91 Å². The van der Waals surface area contributed by atoms with E-state index >= 15 is 0 Å². The molecule has 0 aliphatic rings. The van der Waals surface area contributed by atoms with Gasteiger partial charge in [-0.05, 0) is 25.6 Å². The van der Waals surface area contributed by atoms with Gasteiger partial charge in [-0.1, -0.05) is 30.3 Å². The van der Waals surface area contributed by atoms with Gasteiger partial charge in [-0.3, -0.25) is 4.79 Å². The van der Waals surface area contributed by atoms with Gasteiger partial charge >= 0.3 is 18.9 Å². The van der Waals surface area contributed by atoms with Crippen LogP contribution in [0.1, 0.15) is 6.92 Å². The number of hydrogen-bond acceptors (Lipinski definition) is 2. The van der Waals surface area contributed by atoms with E-state index in [2.05, 4.69) is 24.9 Å². The molecule has 7 heteroatoms. The standard InChI is InChI=1S/C17H17ClN3O2.Li/c1-4-21(17(23)12(2)3)10-9-13(11-19)16(22)20-15-8-6-5-7-14(15)18;/h5-8,11H,1-2,4,10H2,3H3,(H,20,22);/q-3;+1. The molecule has 5 nitrogen and oxygen atoms in total. The van der Waals surface area contributed by atoms with Gasteiger partial charge in [0.1, 0.15) is 5.91 Å². The molecule has 0 aliphatic carbocycles. The maximum absolute atomic E-state index is 12.1.